The lowest BCUT2D eigenvalue weighted by Crippen LogP contribution is -2.55. The van der Waals surface area contributed by atoms with E-state index in [1.807, 2.05) is 19.9 Å². The number of halogens is 1. The van der Waals surface area contributed by atoms with Crippen molar-refractivity contribution in [1.29, 1.82) is 0 Å². The second kappa shape index (κ2) is 13.1. The van der Waals surface area contributed by atoms with Crippen molar-refractivity contribution >= 4 is 23.3 Å². The molecule has 3 fully saturated rings. The third-order valence-corrected chi connectivity index (χ3v) is 9.95. The fourth-order valence-corrected chi connectivity index (χ4v) is 7.21. The highest BCUT2D eigenvalue weighted by Gasteiger charge is 2.39. The van der Waals surface area contributed by atoms with Crippen LogP contribution in [-0.4, -0.2) is 99.7 Å². The van der Waals surface area contributed by atoms with Gasteiger partial charge < -0.3 is 24.7 Å². The number of hydrogen-bond donors (Lipinski definition) is 2. The minimum Gasteiger partial charge on any atom is -0.476 e. The van der Waals surface area contributed by atoms with E-state index in [9.17, 15) is 24.2 Å². The Bertz CT molecular complexity index is 1420. The average molecular weight is 622 g/mol. The molecular formula is C34H44FN5O5. The number of amidine groups is 1. The third kappa shape index (κ3) is 7.21. The van der Waals surface area contributed by atoms with Crippen LogP contribution in [0.4, 0.5) is 10.1 Å². The van der Waals surface area contributed by atoms with Gasteiger partial charge in [-0.2, -0.15) is 4.99 Å². The van der Waals surface area contributed by atoms with Crippen LogP contribution < -0.4 is 9.64 Å². The van der Waals surface area contributed by atoms with Crippen LogP contribution in [0.1, 0.15) is 68.3 Å². The van der Waals surface area contributed by atoms with E-state index in [1.54, 1.807) is 17.2 Å². The number of likely N-dealkylation sites (tertiary alicyclic amines) is 2. The number of ether oxygens (including phenoxy) is 1. The number of rotatable bonds is 8. The van der Waals surface area contributed by atoms with Crippen LogP contribution in [0.2, 0.25) is 0 Å². The molecule has 1 aliphatic carbocycles. The second-order valence-electron chi connectivity index (χ2n) is 13.6. The summed E-state index contributed by atoms with van der Waals surface area (Å²) in [5, 5.41) is 20.0. The van der Waals surface area contributed by atoms with Gasteiger partial charge in [0.25, 0.3) is 5.91 Å². The Balaban J connectivity index is 1.15. The van der Waals surface area contributed by atoms with Gasteiger partial charge in [-0.15, -0.1) is 0 Å². The van der Waals surface area contributed by atoms with Crippen molar-refractivity contribution in [3.63, 3.8) is 0 Å². The number of carbonyl (C=O) groups is 2. The first-order chi connectivity index (χ1) is 21.5. The van der Waals surface area contributed by atoms with Crippen molar-refractivity contribution in [2.45, 2.75) is 76.5 Å². The lowest BCUT2D eigenvalue weighted by atomic mass is 9.83. The molecule has 0 atom stereocenters. The molecule has 2 amide bonds. The molecule has 0 unspecified atom stereocenters. The fourth-order valence-electron chi connectivity index (χ4n) is 7.21. The summed E-state index contributed by atoms with van der Waals surface area (Å²) in [5.74, 6) is 0.448. The number of nitrogens with zero attached hydrogens (tertiary/aromatic N) is 5. The summed E-state index contributed by atoms with van der Waals surface area (Å²) in [7, 11) is 0. The van der Waals surface area contributed by atoms with Gasteiger partial charge in [0.05, 0.1) is 17.4 Å². The van der Waals surface area contributed by atoms with Crippen LogP contribution in [0.15, 0.2) is 41.5 Å². The Labute approximate surface area is 263 Å². The van der Waals surface area contributed by atoms with Gasteiger partial charge in [-0.05, 0) is 89.6 Å². The Morgan fingerprint density at radius 3 is 2.49 bits per heavy atom. The molecule has 242 valence electrons. The Hall–Kier alpha value is -3.41. The SMILES string of the molecule is CC(C)(O)C1CCN(CCOc2cc3c(cn2)CC(=NC(=O)c2cccc(F)c2)N3C2CCC(C(=O)N3CC(O)C3)CC2)CC1. The summed E-state index contributed by atoms with van der Waals surface area (Å²) in [6.07, 6.45) is 6.63. The minimum absolute atomic E-state index is 0.0312. The van der Waals surface area contributed by atoms with Crippen molar-refractivity contribution in [2.24, 2.45) is 16.8 Å². The standard InChI is InChI=1S/C34H44FN5O5/c1-34(2,44)25-10-12-38(13-11-25)14-15-45-31-18-29-24(19-36-31)17-30(37-32(42)23-4-3-5-26(35)16-23)40(29)27-8-6-22(7-9-27)33(43)39-20-28(41)21-39/h3-5,16,18-19,22,25,27-28,41,44H,6-15,17,20-21H2,1-2H3. The molecule has 0 radical (unpaired) electrons. The van der Waals surface area contributed by atoms with Gasteiger partial charge in [0.15, 0.2) is 0 Å². The highest BCUT2D eigenvalue weighted by Crippen LogP contribution is 2.39. The second-order valence-corrected chi connectivity index (χ2v) is 13.6. The zero-order chi connectivity index (χ0) is 31.7. The zero-order valence-electron chi connectivity index (χ0n) is 26.2. The number of aliphatic hydroxyl groups excluding tert-OH is 1. The van der Waals surface area contributed by atoms with Gasteiger partial charge in [0.1, 0.15) is 18.3 Å². The molecule has 2 aromatic rings. The Morgan fingerprint density at radius 1 is 1.09 bits per heavy atom. The molecule has 11 heteroatoms. The van der Waals surface area contributed by atoms with E-state index < -0.39 is 23.4 Å². The topological polar surface area (TPSA) is 119 Å². The molecule has 4 aliphatic rings. The lowest BCUT2D eigenvalue weighted by molar-refractivity contribution is -0.146. The van der Waals surface area contributed by atoms with Gasteiger partial charge in [-0.3, -0.25) is 14.5 Å². The lowest BCUT2D eigenvalue weighted by Gasteiger charge is -2.41. The maximum absolute atomic E-state index is 13.9. The number of anilines is 1. The smallest absolute Gasteiger partial charge is 0.278 e. The van der Waals surface area contributed by atoms with Gasteiger partial charge in [0.2, 0.25) is 11.8 Å². The fraction of sp³-hybridized carbons (Fsp3) is 0.588. The highest BCUT2D eigenvalue weighted by atomic mass is 19.1. The molecule has 0 spiro atoms. The van der Waals surface area contributed by atoms with Crippen LogP contribution in [0, 0.1) is 17.7 Å². The zero-order valence-corrected chi connectivity index (χ0v) is 26.2. The van der Waals surface area contributed by atoms with E-state index in [-0.39, 0.29) is 23.4 Å². The number of pyridine rings is 1. The number of aliphatic hydroxyl groups is 2. The third-order valence-electron chi connectivity index (χ3n) is 9.95. The van der Waals surface area contributed by atoms with Gasteiger partial charge in [-0.25, -0.2) is 9.37 Å². The number of benzene rings is 1. The monoisotopic (exact) mass is 621 g/mol. The van der Waals surface area contributed by atoms with Crippen molar-refractivity contribution in [2.75, 3.05) is 44.2 Å². The van der Waals surface area contributed by atoms with Gasteiger partial charge >= 0.3 is 0 Å². The van der Waals surface area contributed by atoms with Gasteiger partial charge in [-0.1, -0.05) is 6.07 Å². The number of β-amino-alcohol motifs (C(OH)–C–C–N with tert-alkyl or cyclic N) is 1. The number of carbonyl (C=O) groups excluding carboxylic acids is 2. The first-order valence-corrected chi connectivity index (χ1v) is 16.2. The van der Waals surface area contributed by atoms with Crippen LogP contribution in [0.3, 0.4) is 0 Å². The molecule has 10 nitrogen and oxygen atoms in total. The molecule has 6 rings (SSSR count). The number of amides is 2. The molecule has 3 aliphatic heterocycles. The number of aliphatic imine (C=N–C) groups is 1. The van der Waals surface area contributed by atoms with Crippen molar-refractivity contribution in [1.82, 2.24) is 14.8 Å². The summed E-state index contributed by atoms with van der Waals surface area (Å²) >= 11 is 0. The predicted octanol–water partition coefficient (Wildman–Crippen LogP) is 3.45. The summed E-state index contributed by atoms with van der Waals surface area (Å²) in [6, 6.07) is 7.51. The maximum atomic E-state index is 13.9. The average Bonchev–Trinajstić information content (AvgIpc) is 3.36. The molecule has 1 aromatic heterocycles. The number of fused-ring (bicyclic) bond motifs is 1. The van der Waals surface area contributed by atoms with Crippen LogP contribution in [0.25, 0.3) is 0 Å². The van der Waals surface area contributed by atoms with Crippen molar-refractivity contribution < 1.29 is 28.9 Å². The van der Waals surface area contributed by atoms with Crippen molar-refractivity contribution in [3.05, 3.63) is 53.5 Å². The number of aromatic nitrogens is 1. The van der Waals surface area contributed by atoms with E-state index in [2.05, 4.69) is 19.8 Å². The summed E-state index contributed by atoms with van der Waals surface area (Å²) in [5.41, 5.74) is 1.38. The summed E-state index contributed by atoms with van der Waals surface area (Å²) in [6.45, 7) is 7.68. The molecule has 0 bridgehead atoms. The molecule has 4 heterocycles. The van der Waals surface area contributed by atoms with Gasteiger partial charge in [0, 0.05) is 61.4 Å². The first-order valence-electron chi connectivity index (χ1n) is 16.2. The highest BCUT2D eigenvalue weighted by molar-refractivity contribution is 6.12. The van der Waals surface area contributed by atoms with Crippen LogP contribution in [-0.2, 0) is 11.2 Å². The molecule has 2 N–H and O–H groups in total. The predicted molar refractivity (Wildman–Crippen MR) is 168 cm³/mol. The molecule has 1 aromatic carbocycles. The molecular weight excluding hydrogens is 577 g/mol. The minimum atomic E-state index is -0.653. The number of piperidine rings is 1. The van der Waals surface area contributed by atoms with E-state index in [4.69, 9.17) is 4.74 Å². The Morgan fingerprint density at radius 2 is 1.82 bits per heavy atom. The van der Waals surface area contributed by atoms with Crippen LogP contribution in [0.5, 0.6) is 5.88 Å². The maximum Gasteiger partial charge on any atom is 0.278 e. The molecule has 1 saturated carbocycles. The normalized spacial score (nSPS) is 24.1. The summed E-state index contributed by atoms with van der Waals surface area (Å²) < 4.78 is 20.0. The van der Waals surface area contributed by atoms with E-state index >= 15 is 0 Å². The number of hydrogen-bond acceptors (Lipinski definition) is 7. The summed E-state index contributed by atoms with van der Waals surface area (Å²) in [4.78, 5) is 41.3. The first kappa shape index (κ1) is 31.6. The van der Waals surface area contributed by atoms with E-state index in [1.165, 1.54) is 18.2 Å². The molecule has 45 heavy (non-hydrogen) atoms. The quantitative estimate of drug-likeness (QED) is 0.460. The van der Waals surface area contributed by atoms with Crippen molar-refractivity contribution in [3.8, 4) is 5.88 Å². The van der Waals surface area contributed by atoms with E-state index in [0.29, 0.717) is 56.6 Å². The van der Waals surface area contributed by atoms with E-state index in [0.717, 1.165) is 56.6 Å². The van der Waals surface area contributed by atoms with Crippen LogP contribution >= 0.6 is 0 Å². The Kier molecular flexibility index (Phi) is 9.22. The largest absolute Gasteiger partial charge is 0.476 e. The molecule has 2 saturated heterocycles.